The SMILES string of the molecule is C/C(=C\C(=O)N(C=O)C1CCC(=O)NC1=O)Nc1cccc(C(C)NSc2cccc(C(F)(F)F)c2)c1. The van der Waals surface area contributed by atoms with Crippen molar-refractivity contribution in [1.82, 2.24) is 14.9 Å². The number of carbonyl (C=O) groups is 4. The van der Waals surface area contributed by atoms with Crippen molar-refractivity contribution >= 4 is 41.8 Å². The van der Waals surface area contributed by atoms with Gasteiger partial charge in [0, 0.05) is 34.8 Å². The maximum Gasteiger partial charge on any atom is 0.416 e. The van der Waals surface area contributed by atoms with Gasteiger partial charge in [0.15, 0.2) is 0 Å². The molecule has 3 rings (SSSR count). The van der Waals surface area contributed by atoms with Gasteiger partial charge in [-0.1, -0.05) is 18.2 Å². The molecule has 0 aliphatic carbocycles. The average Bonchev–Trinajstić information content (AvgIpc) is 2.84. The first kappa shape index (κ1) is 27.9. The fourth-order valence-electron chi connectivity index (χ4n) is 3.60. The molecule has 0 bridgehead atoms. The van der Waals surface area contributed by atoms with Crippen molar-refractivity contribution in [3.8, 4) is 0 Å². The molecule has 1 fully saturated rings. The van der Waals surface area contributed by atoms with E-state index in [1.165, 1.54) is 12.1 Å². The van der Waals surface area contributed by atoms with Crippen LogP contribution in [0.4, 0.5) is 18.9 Å². The number of hydrogen-bond donors (Lipinski definition) is 3. The second-order valence-electron chi connectivity index (χ2n) is 8.36. The lowest BCUT2D eigenvalue weighted by Crippen LogP contribution is -2.53. The van der Waals surface area contributed by atoms with Crippen LogP contribution < -0.4 is 15.4 Å². The molecule has 1 heterocycles. The third kappa shape index (κ3) is 7.67. The molecule has 12 heteroatoms. The lowest BCUT2D eigenvalue weighted by Gasteiger charge is -2.27. The molecule has 1 aliphatic heterocycles. The van der Waals surface area contributed by atoms with E-state index in [1.54, 1.807) is 25.1 Å². The fraction of sp³-hybridized carbons (Fsp3) is 0.280. The average molecular weight is 535 g/mol. The highest BCUT2D eigenvalue weighted by Crippen LogP contribution is 2.32. The van der Waals surface area contributed by atoms with Crippen molar-refractivity contribution in [3.63, 3.8) is 0 Å². The van der Waals surface area contributed by atoms with Crippen LogP contribution in [0.1, 0.15) is 43.9 Å². The number of amides is 4. The Balaban J connectivity index is 1.63. The van der Waals surface area contributed by atoms with Crippen LogP contribution in [-0.2, 0) is 25.4 Å². The minimum Gasteiger partial charge on any atom is -0.359 e. The number of hydrogen-bond acceptors (Lipinski definition) is 7. The maximum atomic E-state index is 12.9. The Kier molecular flexibility index (Phi) is 9.11. The monoisotopic (exact) mass is 534 g/mol. The van der Waals surface area contributed by atoms with Gasteiger partial charge in [0.05, 0.1) is 5.56 Å². The zero-order chi connectivity index (χ0) is 27.2. The number of benzene rings is 2. The van der Waals surface area contributed by atoms with Gasteiger partial charge >= 0.3 is 6.18 Å². The van der Waals surface area contributed by atoms with Crippen molar-refractivity contribution in [2.24, 2.45) is 0 Å². The molecular weight excluding hydrogens is 509 g/mol. The molecule has 4 amide bonds. The van der Waals surface area contributed by atoms with E-state index in [0.717, 1.165) is 34.5 Å². The van der Waals surface area contributed by atoms with Crippen LogP contribution in [0.3, 0.4) is 0 Å². The molecule has 2 unspecified atom stereocenters. The summed E-state index contributed by atoms with van der Waals surface area (Å²) >= 11 is 1.08. The second kappa shape index (κ2) is 12.1. The molecule has 8 nitrogen and oxygen atoms in total. The van der Waals surface area contributed by atoms with Crippen molar-refractivity contribution in [1.29, 1.82) is 0 Å². The largest absolute Gasteiger partial charge is 0.416 e. The van der Waals surface area contributed by atoms with Crippen LogP contribution in [0.5, 0.6) is 0 Å². The number of rotatable bonds is 9. The number of allylic oxidation sites excluding steroid dienone is 1. The van der Waals surface area contributed by atoms with Gasteiger partial charge in [0.1, 0.15) is 6.04 Å². The summed E-state index contributed by atoms with van der Waals surface area (Å²) in [5.74, 6) is -1.86. The van der Waals surface area contributed by atoms with Crippen molar-refractivity contribution in [3.05, 3.63) is 71.4 Å². The van der Waals surface area contributed by atoms with Gasteiger partial charge in [-0.25, -0.2) is 0 Å². The Morgan fingerprint density at radius 3 is 2.59 bits per heavy atom. The zero-order valence-electron chi connectivity index (χ0n) is 20.0. The highest BCUT2D eigenvalue weighted by molar-refractivity contribution is 7.97. The first-order valence-electron chi connectivity index (χ1n) is 11.2. The van der Waals surface area contributed by atoms with Gasteiger partial charge in [-0.05, 0) is 68.1 Å². The third-order valence-corrected chi connectivity index (χ3v) is 6.46. The Morgan fingerprint density at radius 2 is 1.92 bits per heavy atom. The number of nitrogens with zero attached hydrogens (tertiary/aromatic N) is 1. The Labute approximate surface area is 215 Å². The second-order valence-corrected chi connectivity index (χ2v) is 9.27. The van der Waals surface area contributed by atoms with E-state index in [1.807, 2.05) is 19.1 Å². The van der Waals surface area contributed by atoms with Crippen LogP contribution >= 0.6 is 11.9 Å². The molecule has 0 spiro atoms. The summed E-state index contributed by atoms with van der Waals surface area (Å²) in [4.78, 5) is 48.6. The predicted molar refractivity (Wildman–Crippen MR) is 132 cm³/mol. The number of piperidine rings is 1. The summed E-state index contributed by atoms with van der Waals surface area (Å²) in [5, 5.41) is 5.16. The van der Waals surface area contributed by atoms with E-state index >= 15 is 0 Å². The molecule has 2 atom stereocenters. The highest BCUT2D eigenvalue weighted by atomic mass is 32.2. The van der Waals surface area contributed by atoms with Crippen molar-refractivity contribution in [2.75, 3.05) is 5.32 Å². The number of halogens is 3. The fourth-order valence-corrected chi connectivity index (χ4v) is 4.38. The first-order valence-corrected chi connectivity index (χ1v) is 12.1. The van der Waals surface area contributed by atoms with Crippen LogP contribution in [0, 0.1) is 0 Å². The molecule has 1 aliphatic rings. The third-order valence-electron chi connectivity index (χ3n) is 5.50. The lowest BCUT2D eigenvalue weighted by molar-refractivity contribution is -0.148. The van der Waals surface area contributed by atoms with Crippen LogP contribution in [0.2, 0.25) is 0 Å². The summed E-state index contributed by atoms with van der Waals surface area (Å²) < 4.78 is 41.9. The zero-order valence-corrected chi connectivity index (χ0v) is 20.8. The van der Waals surface area contributed by atoms with Crippen molar-refractivity contribution in [2.45, 2.75) is 49.8 Å². The number of imide groups is 2. The molecule has 3 N–H and O–H groups in total. The Bertz CT molecular complexity index is 1220. The van der Waals surface area contributed by atoms with Crippen LogP contribution in [0.15, 0.2) is 65.2 Å². The minimum absolute atomic E-state index is 0.0278. The number of alkyl halides is 3. The summed E-state index contributed by atoms with van der Waals surface area (Å²) in [5.41, 5.74) is 1.15. The topological polar surface area (TPSA) is 108 Å². The van der Waals surface area contributed by atoms with E-state index in [2.05, 4.69) is 15.4 Å². The Hall–Kier alpha value is -3.64. The maximum absolute atomic E-state index is 12.9. The van der Waals surface area contributed by atoms with E-state index in [9.17, 15) is 32.3 Å². The quantitative estimate of drug-likeness (QED) is 0.192. The van der Waals surface area contributed by atoms with E-state index in [-0.39, 0.29) is 25.3 Å². The molecule has 2 aromatic carbocycles. The Morgan fingerprint density at radius 1 is 1.19 bits per heavy atom. The van der Waals surface area contributed by atoms with Gasteiger partial charge in [-0.15, -0.1) is 0 Å². The van der Waals surface area contributed by atoms with E-state index < -0.39 is 35.5 Å². The number of anilines is 1. The molecule has 0 radical (unpaired) electrons. The number of nitrogens with one attached hydrogen (secondary N) is 3. The first-order chi connectivity index (χ1) is 17.5. The predicted octanol–water partition coefficient (Wildman–Crippen LogP) is 4.17. The van der Waals surface area contributed by atoms with Gasteiger partial charge in [0.25, 0.3) is 5.91 Å². The summed E-state index contributed by atoms with van der Waals surface area (Å²) in [6.45, 7) is 3.47. The molecule has 0 saturated carbocycles. The summed E-state index contributed by atoms with van der Waals surface area (Å²) in [6.07, 6.45) is -2.89. The smallest absolute Gasteiger partial charge is 0.359 e. The van der Waals surface area contributed by atoms with Gasteiger partial charge in [-0.2, -0.15) is 13.2 Å². The van der Waals surface area contributed by atoms with Gasteiger partial charge in [-0.3, -0.25) is 34.1 Å². The lowest BCUT2D eigenvalue weighted by atomic mass is 10.0. The molecule has 196 valence electrons. The molecule has 1 saturated heterocycles. The summed E-state index contributed by atoms with van der Waals surface area (Å²) in [7, 11) is 0. The van der Waals surface area contributed by atoms with Crippen LogP contribution in [-0.4, -0.2) is 35.1 Å². The molecule has 37 heavy (non-hydrogen) atoms. The molecular formula is C25H25F3N4O4S. The molecule has 0 aromatic heterocycles. The van der Waals surface area contributed by atoms with Gasteiger partial charge in [0.2, 0.25) is 18.2 Å². The summed E-state index contributed by atoms with van der Waals surface area (Å²) in [6, 6.07) is 10.9. The van der Waals surface area contributed by atoms with Crippen molar-refractivity contribution < 1.29 is 32.3 Å². The number of carbonyl (C=O) groups excluding carboxylic acids is 4. The normalized spacial score (nSPS) is 17.1. The van der Waals surface area contributed by atoms with Gasteiger partial charge < -0.3 is 5.32 Å². The highest BCUT2D eigenvalue weighted by Gasteiger charge is 2.34. The molecule has 2 aromatic rings. The van der Waals surface area contributed by atoms with E-state index in [4.69, 9.17) is 0 Å². The minimum atomic E-state index is -4.42. The van der Waals surface area contributed by atoms with Crippen LogP contribution in [0.25, 0.3) is 0 Å². The van der Waals surface area contributed by atoms with E-state index in [0.29, 0.717) is 16.3 Å². The standard InChI is InChI=1S/C25H25F3N4O4S/c1-15(11-23(35)32(14-33)21-9-10-22(34)30-24(21)36)29-19-7-3-5-17(12-19)16(2)31-37-20-8-4-6-18(13-20)25(26,27)28/h3-8,11-14,16,21,29,31H,9-10H2,1-2H3,(H,30,34,36)/b15-11+.